The van der Waals surface area contributed by atoms with Crippen molar-refractivity contribution in [3.63, 3.8) is 0 Å². The molecule has 4 nitrogen and oxygen atoms in total. The summed E-state index contributed by atoms with van der Waals surface area (Å²) in [7, 11) is 0. The molecule has 1 amide bonds. The second kappa shape index (κ2) is 7.42. The van der Waals surface area contributed by atoms with E-state index in [0.29, 0.717) is 12.5 Å². The van der Waals surface area contributed by atoms with Crippen LogP contribution in [0.15, 0.2) is 18.5 Å². The molecular weight excluding hydrogens is 268 g/mol. The lowest BCUT2D eigenvalue weighted by Gasteiger charge is -2.27. The molecule has 1 saturated heterocycles. The molecule has 0 radical (unpaired) electrons. The Hall–Kier alpha value is -0.910. The molecule has 96 valence electrons. The molecule has 0 bridgehead atoms. The van der Waals surface area contributed by atoms with Crippen molar-refractivity contribution in [1.82, 2.24) is 15.6 Å². The Morgan fingerprint density at radius 1 is 1.47 bits per heavy atom. The zero-order chi connectivity index (χ0) is 10.7. The van der Waals surface area contributed by atoms with Crippen LogP contribution in [0.25, 0.3) is 0 Å². The maximum absolute atomic E-state index is 12.8. The smallest absolute Gasteiger partial charge is 0.252 e. The van der Waals surface area contributed by atoms with E-state index < -0.39 is 5.82 Å². The molecule has 7 heteroatoms. The molecule has 1 fully saturated rings. The van der Waals surface area contributed by atoms with Crippen LogP contribution in [0, 0.1) is 11.7 Å². The lowest BCUT2D eigenvalue weighted by Crippen LogP contribution is -2.48. The highest BCUT2D eigenvalue weighted by Gasteiger charge is 2.17. The summed E-state index contributed by atoms with van der Waals surface area (Å²) in [5.41, 5.74) is 0.266. The number of nitrogens with one attached hydrogen (secondary N) is 2. The van der Waals surface area contributed by atoms with Gasteiger partial charge in [-0.3, -0.25) is 9.78 Å². The molecule has 1 aliphatic heterocycles. The van der Waals surface area contributed by atoms with Gasteiger partial charge < -0.3 is 10.6 Å². The van der Waals surface area contributed by atoms with Crippen molar-refractivity contribution in [3.8, 4) is 0 Å². The molecule has 1 aromatic heterocycles. The molecule has 0 aliphatic carbocycles. The first-order valence-electron chi connectivity index (χ1n) is 4.85. The van der Waals surface area contributed by atoms with Crippen LogP contribution in [-0.2, 0) is 0 Å². The summed E-state index contributed by atoms with van der Waals surface area (Å²) in [6.07, 6.45) is 2.43. The molecule has 2 N–H and O–H groups in total. The normalized spacial score (nSPS) is 13.9. The van der Waals surface area contributed by atoms with Gasteiger partial charge in [0.2, 0.25) is 0 Å². The molecule has 1 aliphatic rings. The van der Waals surface area contributed by atoms with Crippen molar-refractivity contribution in [2.75, 3.05) is 19.6 Å². The number of amides is 1. The van der Waals surface area contributed by atoms with Crippen molar-refractivity contribution in [3.05, 3.63) is 29.8 Å². The quantitative estimate of drug-likeness (QED) is 0.870. The number of nitrogens with zero attached hydrogens (tertiary/aromatic N) is 1. The lowest BCUT2D eigenvalue weighted by atomic mass is 10.0. The van der Waals surface area contributed by atoms with Crippen LogP contribution < -0.4 is 10.6 Å². The monoisotopic (exact) mass is 281 g/mol. The van der Waals surface area contributed by atoms with E-state index in [4.69, 9.17) is 0 Å². The Bertz CT molecular complexity index is 374. The number of hydrogen-bond donors (Lipinski definition) is 2. The van der Waals surface area contributed by atoms with Gasteiger partial charge in [-0.25, -0.2) is 4.39 Å². The number of aromatic nitrogens is 1. The third-order valence-corrected chi connectivity index (χ3v) is 2.38. The van der Waals surface area contributed by atoms with Crippen LogP contribution >= 0.6 is 24.8 Å². The van der Waals surface area contributed by atoms with Gasteiger partial charge in [-0.1, -0.05) is 0 Å². The van der Waals surface area contributed by atoms with Gasteiger partial charge in [-0.2, -0.15) is 0 Å². The van der Waals surface area contributed by atoms with Crippen molar-refractivity contribution in [2.24, 2.45) is 5.92 Å². The maximum atomic E-state index is 12.8. The van der Waals surface area contributed by atoms with Gasteiger partial charge in [-0.15, -0.1) is 24.8 Å². The van der Waals surface area contributed by atoms with E-state index in [-0.39, 0.29) is 36.3 Å². The standard InChI is InChI=1S/C10H12FN3O.2ClH/c11-9-1-8(5-13-6-9)10(15)14-4-7-2-12-3-7;;/h1,5-7,12H,2-4H2,(H,14,15);2*1H. The minimum absolute atomic E-state index is 0. The van der Waals surface area contributed by atoms with Crippen LogP contribution in [0.4, 0.5) is 4.39 Å². The van der Waals surface area contributed by atoms with E-state index in [1.807, 2.05) is 0 Å². The van der Waals surface area contributed by atoms with Crippen LogP contribution in [0.5, 0.6) is 0 Å². The summed E-state index contributed by atoms with van der Waals surface area (Å²) >= 11 is 0. The highest BCUT2D eigenvalue weighted by Crippen LogP contribution is 2.03. The second-order valence-corrected chi connectivity index (χ2v) is 3.63. The Labute approximate surface area is 111 Å². The summed E-state index contributed by atoms with van der Waals surface area (Å²) < 4.78 is 12.8. The molecule has 2 rings (SSSR count). The van der Waals surface area contributed by atoms with Crippen molar-refractivity contribution >= 4 is 30.7 Å². The Morgan fingerprint density at radius 3 is 2.71 bits per heavy atom. The molecule has 0 atom stereocenters. The van der Waals surface area contributed by atoms with Crippen LogP contribution in [0.2, 0.25) is 0 Å². The average Bonchev–Trinajstić information content (AvgIpc) is 2.15. The van der Waals surface area contributed by atoms with E-state index in [2.05, 4.69) is 15.6 Å². The summed E-state index contributed by atoms with van der Waals surface area (Å²) in [6, 6.07) is 1.18. The fraction of sp³-hybridized carbons (Fsp3) is 0.400. The second-order valence-electron chi connectivity index (χ2n) is 3.63. The minimum atomic E-state index is -0.493. The third kappa shape index (κ3) is 4.46. The molecule has 0 unspecified atom stereocenters. The van der Waals surface area contributed by atoms with Gasteiger partial charge in [0, 0.05) is 31.7 Å². The van der Waals surface area contributed by atoms with E-state index >= 15 is 0 Å². The van der Waals surface area contributed by atoms with E-state index in [1.54, 1.807) is 0 Å². The summed E-state index contributed by atoms with van der Waals surface area (Å²) in [6.45, 7) is 2.49. The molecule has 0 saturated carbocycles. The van der Waals surface area contributed by atoms with Crippen molar-refractivity contribution < 1.29 is 9.18 Å². The van der Waals surface area contributed by atoms with Gasteiger partial charge in [0.15, 0.2) is 0 Å². The molecule has 17 heavy (non-hydrogen) atoms. The number of halogens is 3. The SMILES string of the molecule is Cl.Cl.O=C(NCC1CNC1)c1cncc(F)c1. The lowest BCUT2D eigenvalue weighted by molar-refractivity contribution is 0.0941. The molecule has 0 aromatic carbocycles. The fourth-order valence-corrected chi connectivity index (χ4v) is 1.37. The van der Waals surface area contributed by atoms with Crippen molar-refractivity contribution in [1.29, 1.82) is 0 Å². The topological polar surface area (TPSA) is 54.0 Å². The zero-order valence-corrected chi connectivity index (χ0v) is 10.6. The van der Waals surface area contributed by atoms with E-state index in [9.17, 15) is 9.18 Å². The van der Waals surface area contributed by atoms with Crippen molar-refractivity contribution in [2.45, 2.75) is 0 Å². The zero-order valence-electron chi connectivity index (χ0n) is 8.98. The number of rotatable bonds is 3. The largest absolute Gasteiger partial charge is 0.352 e. The average molecular weight is 282 g/mol. The third-order valence-electron chi connectivity index (χ3n) is 2.38. The minimum Gasteiger partial charge on any atom is -0.352 e. The first kappa shape index (κ1) is 16.1. The highest BCUT2D eigenvalue weighted by atomic mass is 35.5. The first-order chi connectivity index (χ1) is 7.25. The Morgan fingerprint density at radius 2 is 2.18 bits per heavy atom. The van der Waals surface area contributed by atoms with Crippen LogP contribution in [0.3, 0.4) is 0 Å². The molecular formula is C10H14Cl2FN3O. The predicted octanol–water partition coefficient (Wildman–Crippen LogP) is 1.01. The number of carbonyl (C=O) groups excluding carboxylic acids is 1. The van der Waals surface area contributed by atoms with Crippen LogP contribution in [0.1, 0.15) is 10.4 Å². The Kier molecular flexibility index (Phi) is 7.03. The molecule has 2 heterocycles. The van der Waals surface area contributed by atoms with E-state index in [0.717, 1.165) is 19.3 Å². The van der Waals surface area contributed by atoms with Gasteiger partial charge in [0.1, 0.15) is 5.82 Å². The number of carbonyl (C=O) groups is 1. The maximum Gasteiger partial charge on any atom is 0.252 e. The highest BCUT2D eigenvalue weighted by molar-refractivity contribution is 5.93. The van der Waals surface area contributed by atoms with E-state index in [1.165, 1.54) is 12.3 Å². The fourth-order valence-electron chi connectivity index (χ4n) is 1.37. The van der Waals surface area contributed by atoms with Gasteiger partial charge in [-0.05, 0) is 6.07 Å². The summed E-state index contributed by atoms with van der Waals surface area (Å²) in [5.74, 6) is -0.266. The van der Waals surface area contributed by atoms with Gasteiger partial charge >= 0.3 is 0 Å². The summed E-state index contributed by atoms with van der Waals surface area (Å²) in [4.78, 5) is 15.1. The Balaban J connectivity index is 0.00000128. The summed E-state index contributed by atoms with van der Waals surface area (Å²) in [5, 5.41) is 5.85. The van der Waals surface area contributed by atoms with Gasteiger partial charge in [0.05, 0.1) is 11.8 Å². The first-order valence-corrected chi connectivity index (χ1v) is 4.85. The predicted molar refractivity (Wildman–Crippen MR) is 67.4 cm³/mol. The number of hydrogen-bond acceptors (Lipinski definition) is 3. The van der Waals surface area contributed by atoms with Crippen LogP contribution in [-0.4, -0.2) is 30.5 Å². The molecule has 1 aromatic rings. The molecule has 0 spiro atoms. The van der Waals surface area contributed by atoms with Gasteiger partial charge in [0.25, 0.3) is 5.91 Å². The number of pyridine rings is 1.